The molecule has 1 N–H and O–H groups in total. The number of likely N-dealkylation sites (N-methyl/N-ethyl adjacent to an activating group) is 1. The fraction of sp³-hybridized carbons (Fsp3) is 0.346. The lowest BCUT2D eigenvalue weighted by atomic mass is 9.96. The van der Waals surface area contributed by atoms with Crippen LogP contribution < -0.4 is 19.1 Å². The summed E-state index contributed by atoms with van der Waals surface area (Å²) in [4.78, 5) is 7.01. The average Bonchev–Trinajstić information content (AvgIpc) is 2.84. The van der Waals surface area contributed by atoms with Gasteiger partial charge in [0.05, 0.1) is 17.1 Å². The Labute approximate surface area is 211 Å². The SMILES string of the molecule is Cc1c(Cl)cccc1S(=O)(=O)Nc1cc2c(nc1OCc1ccc3c(c1)N(C)CCO3)CCCC2. The van der Waals surface area contributed by atoms with Crippen LogP contribution in [0.25, 0.3) is 0 Å². The van der Waals surface area contributed by atoms with Gasteiger partial charge in [-0.2, -0.15) is 0 Å². The van der Waals surface area contributed by atoms with Crippen molar-refractivity contribution in [3.8, 4) is 11.6 Å². The number of rotatable bonds is 6. The molecule has 0 atom stereocenters. The van der Waals surface area contributed by atoms with E-state index >= 15 is 0 Å². The first-order chi connectivity index (χ1) is 16.8. The van der Waals surface area contributed by atoms with E-state index in [1.165, 1.54) is 0 Å². The molecular weight excluding hydrogens is 486 g/mol. The zero-order valence-electron chi connectivity index (χ0n) is 19.8. The minimum absolute atomic E-state index is 0.131. The highest BCUT2D eigenvalue weighted by molar-refractivity contribution is 7.92. The number of aromatic nitrogens is 1. The lowest BCUT2D eigenvalue weighted by molar-refractivity contribution is 0.292. The topological polar surface area (TPSA) is 80.8 Å². The van der Waals surface area contributed by atoms with Gasteiger partial charge < -0.3 is 14.4 Å². The van der Waals surface area contributed by atoms with Crippen LogP contribution in [0.2, 0.25) is 5.02 Å². The molecule has 0 saturated heterocycles. The zero-order chi connectivity index (χ0) is 24.6. The monoisotopic (exact) mass is 513 g/mol. The Bertz CT molecular complexity index is 1380. The molecule has 9 heteroatoms. The van der Waals surface area contributed by atoms with E-state index < -0.39 is 10.0 Å². The van der Waals surface area contributed by atoms with E-state index in [-0.39, 0.29) is 17.4 Å². The molecule has 1 aliphatic carbocycles. The lowest BCUT2D eigenvalue weighted by Crippen LogP contribution is -2.28. The van der Waals surface area contributed by atoms with Crippen LogP contribution in [0.4, 0.5) is 11.4 Å². The summed E-state index contributed by atoms with van der Waals surface area (Å²) in [5, 5.41) is 0.397. The zero-order valence-corrected chi connectivity index (χ0v) is 21.4. The van der Waals surface area contributed by atoms with Crippen molar-refractivity contribution in [2.45, 2.75) is 44.1 Å². The molecule has 184 valence electrons. The predicted molar refractivity (Wildman–Crippen MR) is 137 cm³/mol. The highest BCUT2D eigenvalue weighted by Gasteiger charge is 2.23. The van der Waals surface area contributed by atoms with Crippen molar-refractivity contribution in [3.63, 3.8) is 0 Å². The van der Waals surface area contributed by atoms with Crippen LogP contribution in [-0.2, 0) is 29.5 Å². The van der Waals surface area contributed by atoms with Crippen molar-refractivity contribution in [2.75, 3.05) is 29.8 Å². The third-order valence-electron chi connectivity index (χ3n) is 6.51. The average molecular weight is 514 g/mol. The fourth-order valence-corrected chi connectivity index (χ4v) is 6.06. The molecule has 0 saturated carbocycles. The quantitative estimate of drug-likeness (QED) is 0.492. The number of pyridine rings is 1. The van der Waals surface area contributed by atoms with Gasteiger partial charge in [0.1, 0.15) is 24.7 Å². The maximum Gasteiger partial charge on any atom is 0.262 e. The molecule has 2 heterocycles. The first-order valence-electron chi connectivity index (χ1n) is 11.7. The number of ether oxygens (including phenoxy) is 2. The van der Waals surface area contributed by atoms with Crippen molar-refractivity contribution in [1.82, 2.24) is 4.98 Å². The molecule has 1 aliphatic heterocycles. The number of aryl methyl sites for hydroxylation is 2. The lowest BCUT2D eigenvalue weighted by Gasteiger charge is -2.28. The van der Waals surface area contributed by atoms with Crippen molar-refractivity contribution >= 4 is 33.0 Å². The molecule has 1 aromatic heterocycles. The Morgan fingerprint density at radius 3 is 2.86 bits per heavy atom. The minimum atomic E-state index is -3.90. The van der Waals surface area contributed by atoms with Crippen LogP contribution in [0.5, 0.6) is 11.6 Å². The number of hydrogen-bond acceptors (Lipinski definition) is 6. The van der Waals surface area contributed by atoms with Crippen molar-refractivity contribution < 1.29 is 17.9 Å². The molecule has 35 heavy (non-hydrogen) atoms. The van der Waals surface area contributed by atoms with Gasteiger partial charge in [-0.15, -0.1) is 0 Å². The van der Waals surface area contributed by atoms with Gasteiger partial charge in [-0.1, -0.05) is 23.7 Å². The van der Waals surface area contributed by atoms with Gasteiger partial charge in [-0.25, -0.2) is 13.4 Å². The Kier molecular flexibility index (Phi) is 6.51. The number of benzene rings is 2. The van der Waals surface area contributed by atoms with Gasteiger partial charge in [0.25, 0.3) is 10.0 Å². The van der Waals surface area contributed by atoms with Crippen LogP contribution in [0.15, 0.2) is 47.4 Å². The van der Waals surface area contributed by atoms with Crippen LogP contribution in [0.3, 0.4) is 0 Å². The number of sulfonamides is 1. The molecule has 2 aromatic carbocycles. The van der Waals surface area contributed by atoms with E-state index in [9.17, 15) is 8.42 Å². The second-order valence-corrected chi connectivity index (χ2v) is 11.0. The molecule has 0 amide bonds. The molecule has 3 aromatic rings. The van der Waals surface area contributed by atoms with Crippen LogP contribution in [0, 0.1) is 6.92 Å². The summed E-state index contributed by atoms with van der Waals surface area (Å²) >= 11 is 6.19. The molecule has 7 nitrogen and oxygen atoms in total. The highest BCUT2D eigenvalue weighted by Crippen LogP contribution is 2.35. The van der Waals surface area contributed by atoms with Gasteiger partial charge >= 0.3 is 0 Å². The first kappa shape index (κ1) is 23.8. The van der Waals surface area contributed by atoms with Gasteiger partial charge in [-0.3, -0.25) is 4.72 Å². The van der Waals surface area contributed by atoms with E-state index in [0.717, 1.165) is 60.5 Å². The highest BCUT2D eigenvalue weighted by atomic mass is 35.5. The number of nitrogens with one attached hydrogen (secondary N) is 1. The summed E-state index contributed by atoms with van der Waals surface area (Å²) in [5.74, 6) is 1.12. The van der Waals surface area contributed by atoms with Crippen LogP contribution in [0.1, 0.15) is 35.2 Å². The largest absolute Gasteiger partial charge is 0.490 e. The Balaban J connectivity index is 1.46. The number of halogens is 1. The maximum atomic E-state index is 13.3. The summed E-state index contributed by atoms with van der Waals surface area (Å²) < 4.78 is 41.2. The normalized spacial score (nSPS) is 15.1. The van der Waals surface area contributed by atoms with E-state index in [1.807, 2.05) is 31.3 Å². The fourth-order valence-electron chi connectivity index (χ4n) is 4.51. The molecule has 5 rings (SSSR count). The Hall–Kier alpha value is -2.97. The predicted octanol–water partition coefficient (Wildman–Crippen LogP) is 5.13. The first-order valence-corrected chi connectivity index (χ1v) is 13.6. The van der Waals surface area contributed by atoms with E-state index in [4.69, 9.17) is 26.1 Å². The summed E-state index contributed by atoms with van der Waals surface area (Å²) in [5.41, 5.74) is 4.80. The molecular formula is C26H28ClN3O4S. The minimum Gasteiger partial charge on any atom is -0.490 e. The molecule has 0 unspecified atom stereocenters. The van der Waals surface area contributed by atoms with Crippen molar-refractivity contribution in [2.24, 2.45) is 0 Å². The second kappa shape index (κ2) is 9.59. The maximum absolute atomic E-state index is 13.3. The standard InChI is InChI=1S/C26H28ClN3O4S/c1-17-20(27)7-5-9-25(17)35(31,32)29-22-15-19-6-3-4-8-21(19)28-26(22)34-16-18-10-11-24-23(14-18)30(2)12-13-33-24/h5,7,9-11,14-15,29H,3-4,6,8,12-13,16H2,1-2H3. The Morgan fingerprint density at radius 1 is 1.17 bits per heavy atom. The summed E-state index contributed by atoms with van der Waals surface area (Å²) in [6, 6.07) is 12.6. The van der Waals surface area contributed by atoms with Gasteiger partial charge in [-0.05, 0) is 79.6 Å². The third kappa shape index (κ3) is 4.90. The summed E-state index contributed by atoms with van der Waals surface area (Å²) in [7, 11) is -1.87. The van der Waals surface area contributed by atoms with Gasteiger partial charge in [0.15, 0.2) is 0 Å². The number of hydrogen-bond donors (Lipinski definition) is 1. The van der Waals surface area contributed by atoms with E-state index in [1.54, 1.807) is 25.1 Å². The summed E-state index contributed by atoms with van der Waals surface area (Å²) in [6.45, 7) is 3.42. The van der Waals surface area contributed by atoms with Crippen molar-refractivity contribution in [1.29, 1.82) is 0 Å². The number of fused-ring (bicyclic) bond motifs is 2. The molecule has 0 spiro atoms. The molecule has 0 fully saturated rings. The summed E-state index contributed by atoms with van der Waals surface area (Å²) in [6.07, 6.45) is 3.83. The van der Waals surface area contributed by atoms with E-state index in [0.29, 0.717) is 22.9 Å². The smallest absolute Gasteiger partial charge is 0.262 e. The van der Waals surface area contributed by atoms with Gasteiger partial charge in [0, 0.05) is 17.8 Å². The molecule has 0 radical (unpaired) electrons. The number of anilines is 2. The van der Waals surface area contributed by atoms with E-state index in [2.05, 4.69) is 9.62 Å². The van der Waals surface area contributed by atoms with Crippen LogP contribution in [-0.4, -0.2) is 33.6 Å². The molecule has 2 aliphatic rings. The second-order valence-electron chi connectivity index (χ2n) is 8.98. The Morgan fingerprint density at radius 2 is 2.00 bits per heavy atom. The van der Waals surface area contributed by atoms with Crippen LogP contribution >= 0.6 is 11.6 Å². The number of nitrogens with zero attached hydrogens (tertiary/aromatic N) is 2. The van der Waals surface area contributed by atoms with Crippen molar-refractivity contribution in [3.05, 3.63) is 69.9 Å². The third-order valence-corrected chi connectivity index (χ3v) is 8.43. The van der Waals surface area contributed by atoms with Gasteiger partial charge in [0.2, 0.25) is 5.88 Å². The molecule has 0 bridgehead atoms.